The van der Waals surface area contributed by atoms with E-state index in [0.717, 1.165) is 10.9 Å². The number of carbonyl (C=O) groups excluding carboxylic acids is 1. The van der Waals surface area contributed by atoms with Crippen LogP contribution in [0.2, 0.25) is 0 Å². The smallest absolute Gasteiger partial charge is 0.287 e. The van der Waals surface area contributed by atoms with Gasteiger partial charge in [0.05, 0.1) is 20.3 Å². The SMILES string of the molecule is COCc1c(C(=O)NCCOc2ccccc2OC)oc2ccccc12. The number of amides is 1. The standard InChI is InChI=1S/C20H21NO5/c1-23-13-15-14-7-3-4-8-16(14)26-19(15)20(22)21-11-12-25-18-10-6-5-9-17(18)24-2/h3-10H,11-13H2,1-2H3,(H,21,22). The van der Waals surface area contributed by atoms with Crippen molar-refractivity contribution in [3.63, 3.8) is 0 Å². The highest BCUT2D eigenvalue weighted by atomic mass is 16.5. The molecule has 6 heteroatoms. The highest BCUT2D eigenvalue weighted by Gasteiger charge is 2.20. The summed E-state index contributed by atoms with van der Waals surface area (Å²) in [4.78, 5) is 12.5. The summed E-state index contributed by atoms with van der Waals surface area (Å²) < 4.78 is 21.8. The van der Waals surface area contributed by atoms with Crippen molar-refractivity contribution in [3.05, 3.63) is 59.9 Å². The van der Waals surface area contributed by atoms with Gasteiger partial charge in [-0.25, -0.2) is 0 Å². The van der Waals surface area contributed by atoms with Gasteiger partial charge in [-0.1, -0.05) is 30.3 Å². The van der Waals surface area contributed by atoms with Crippen molar-refractivity contribution in [2.75, 3.05) is 27.4 Å². The number of fused-ring (bicyclic) bond motifs is 1. The van der Waals surface area contributed by atoms with Crippen molar-refractivity contribution >= 4 is 16.9 Å². The molecule has 2 aromatic carbocycles. The Kier molecular flexibility index (Phi) is 5.76. The molecule has 1 heterocycles. The summed E-state index contributed by atoms with van der Waals surface area (Å²) >= 11 is 0. The fraction of sp³-hybridized carbons (Fsp3) is 0.250. The van der Waals surface area contributed by atoms with Gasteiger partial charge in [-0.2, -0.15) is 0 Å². The zero-order chi connectivity index (χ0) is 18.4. The van der Waals surface area contributed by atoms with Crippen LogP contribution in [0.25, 0.3) is 11.0 Å². The van der Waals surface area contributed by atoms with Crippen molar-refractivity contribution in [2.24, 2.45) is 0 Å². The van der Waals surface area contributed by atoms with Gasteiger partial charge in [-0.05, 0) is 18.2 Å². The molecule has 0 atom stereocenters. The second-order valence-corrected chi connectivity index (χ2v) is 5.59. The van der Waals surface area contributed by atoms with E-state index in [0.29, 0.717) is 36.8 Å². The lowest BCUT2D eigenvalue weighted by Crippen LogP contribution is -2.28. The molecule has 0 spiro atoms. The second-order valence-electron chi connectivity index (χ2n) is 5.59. The number of hydrogen-bond acceptors (Lipinski definition) is 5. The predicted molar refractivity (Wildman–Crippen MR) is 97.7 cm³/mol. The van der Waals surface area contributed by atoms with E-state index in [1.165, 1.54) is 0 Å². The van der Waals surface area contributed by atoms with Crippen LogP contribution in [0, 0.1) is 0 Å². The number of methoxy groups -OCH3 is 2. The van der Waals surface area contributed by atoms with E-state index in [2.05, 4.69) is 5.32 Å². The first kappa shape index (κ1) is 17.8. The minimum Gasteiger partial charge on any atom is -0.493 e. The normalized spacial score (nSPS) is 10.7. The number of ether oxygens (including phenoxy) is 3. The Morgan fingerprint density at radius 1 is 1.04 bits per heavy atom. The zero-order valence-electron chi connectivity index (χ0n) is 14.8. The van der Waals surface area contributed by atoms with Crippen molar-refractivity contribution in [2.45, 2.75) is 6.61 Å². The Balaban J connectivity index is 1.63. The van der Waals surface area contributed by atoms with Crippen LogP contribution in [-0.4, -0.2) is 33.3 Å². The molecule has 0 aliphatic heterocycles. The Morgan fingerprint density at radius 2 is 1.77 bits per heavy atom. The van der Waals surface area contributed by atoms with Crippen LogP contribution >= 0.6 is 0 Å². The molecule has 0 aliphatic carbocycles. The zero-order valence-corrected chi connectivity index (χ0v) is 14.8. The molecule has 0 aliphatic rings. The molecule has 136 valence electrons. The monoisotopic (exact) mass is 355 g/mol. The Hall–Kier alpha value is -2.99. The average Bonchev–Trinajstić information content (AvgIpc) is 3.04. The molecule has 6 nitrogen and oxygen atoms in total. The maximum atomic E-state index is 12.5. The summed E-state index contributed by atoms with van der Waals surface area (Å²) in [6, 6.07) is 14.9. The van der Waals surface area contributed by atoms with Gasteiger partial charge in [0, 0.05) is 18.1 Å². The van der Waals surface area contributed by atoms with E-state index in [9.17, 15) is 4.79 Å². The first-order chi connectivity index (χ1) is 12.7. The summed E-state index contributed by atoms with van der Waals surface area (Å²) in [5, 5.41) is 3.69. The summed E-state index contributed by atoms with van der Waals surface area (Å²) in [7, 11) is 3.17. The minimum atomic E-state index is -0.295. The minimum absolute atomic E-state index is 0.269. The van der Waals surface area contributed by atoms with Crippen LogP contribution in [-0.2, 0) is 11.3 Å². The van der Waals surface area contributed by atoms with Crippen LogP contribution < -0.4 is 14.8 Å². The maximum absolute atomic E-state index is 12.5. The summed E-state index contributed by atoms with van der Waals surface area (Å²) in [6.45, 7) is 0.948. The highest BCUT2D eigenvalue weighted by Crippen LogP contribution is 2.27. The van der Waals surface area contributed by atoms with Crippen molar-refractivity contribution < 1.29 is 23.4 Å². The molecular weight excluding hydrogens is 334 g/mol. The first-order valence-corrected chi connectivity index (χ1v) is 8.28. The molecule has 0 radical (unpaired) electrons. The lowest BCUT2D eigenvalue weighted by atomic mass is 10.1. The van der Waals surface area contributed by atoms with E-state index in [-0.39, 0.29) is 11.7 Å². The van der Waals surface area contributed by atoms with Crippen LogP contribution in [0.15, 0.2) is 52.9 Å². The van der Waals surface area contributed by atoms with Gasteiger partial charge >= 0.3 is 0 Å². The molecule has 1 amide bonds. The molecule has 0 fully saturated rings. The molecule has 3 aromatic rings. The topological polar surface area (TPSA) is 69.9 Å². The fourth-order valence-electron chi connectivity index (χ4n) is 2.71. The molecule has 3 rings (SSSR count). The summed E-state index contributed by atoms with van der Waals surface area (Å²) in [5.74, 6) is 1.26. The van der Waals surface area contributed by atoms with Gasteiger partial charge in [0.25, 0.3) is 5.91 Å². The lowest BCUT2D eigenvalue weighted by molar-refractivity contribution is 0.0914. The number of furan rings is 1. The average molecular weight is 355 g/mol. The van der Waals surface area contributed by atoms with Crippen molar-refractivity contribution in [3.8, 4) is 11.5 Å². The molecule has 1 N–H and O–H groups in total. The molecular formula is C20H21NO5. The van der Waals surface area contributed by atoms with Gasteiger partial charge in [0.1, 0.15) is 12.2 Å². The van der Waals surface area contributed by atoms with Gasteiger partial charge in [-0.15, -0.1) is 0 Å². The van der Waals surface area contributed by atoms with E-state index in [1.807, 2.05) is 48.5 Å². The third-order valence-corrected chi connectivity index (χ3v) is 3.91. The fourth-order valence-corrected chi connectivity index (χ4v) is 2.71. The number of rotatable bonds is 8. The van der Waals surface area contributed by atoms with E-state index < -0.39 is 0 Å². The Bertz CT molecular complexity index is 887. The Morgan fingerprint density at radius 3 is 2.54 bits per heavy atom. The van der Waals surface area contributed by atoms with Gasteiger partial charge in [0.15, 0.2) is 17.3 Å². The molecule has 0 saturated heterocycles. The quantitative estimate of drug-likeness (QED) is 0.627. The summed E-state index contributed by atoms with van der Waals surface area (Å²) in [6.07, 6.45) is 0. The van der Waals surface area contributed by atoms with E-state index in [4.69, 9.17) is 18.6 Å². The third kappa shape index (κ3) is 3.81. The Labute approximate surface area is 151 Å². The largest absolute Gasteiger partial charge is 0.493 e. The van der Waals surface area contributed by atoms with Crippen LogP contribution in [0.1, 0.15) is 16.1 Å². The van der Waals surface area contributed by atoms with Crippen LogP contribution in [0.5, 0.6) is 11.5 Å². The maximum Gasteiger partial charge on any atom is 0.287 e. The van der Waals surface area contributed by atoms with Gasteiger partial charge in [-0.3, -0.25) is 4.79 Å². The second kappa shape index (κ2) is 8.40. The van der Waals surface area contributed by atoms with E-state index in [1.54, 1.807) is 14.2 Å². The first-order valence-electron chi connectivity index (χ1n) is 8.28. The number of benzene rings is 2. The highest BCUT2D eigenvalue weighted by molar-refractivity contribution is 5.99. The number of para-hydroxylation sites is 3. The number of carbonyl (C=O) groups is 1. The van der Waals surface area contributed by atoms with Crippen molar-refractivity contribution in [1.29, 1.82) is 0 Å². The molecule has 0 bridgehead atoms. The van der Waals surface area contributed by atoms with Crippen LogP contribution in [0.3, 0.4) is 0 Å². The van der Waals surface area contributed by atoms with Gasteiger partial charge in [0.2, 0.25) is 0 Å². The predicted octanol–water partition coefficient (Wildman–Crippen LogP) is 3.40. The van der Waals surface area contributed by atoms with Crippen molar-refractivity contribution in [1.82, 2.24) is 5.32 Å². The molecule has 26 heavy (non-hydrogen) atoms. The van der Waals surface area contributed by atoms with E-state index >= 15 is 0 Å². The third-order valence-electron chi connectivity index (χ3n) is 3.91. The van der Waals surface area contributed by atoms with Crippen LogP contribution in [0.4, 0.5) is 0 Å². The number of nitrogens with one attached hydrogen (secondary N) is 1. The van der Waals surface area contributed by atoms with Gasteiger partial charge < -0.3 is 23.9 Å². The molecule has 1 aromatic heterocycles. The lowest BCUT2D eigenvalue weighted by Gasteiger charge is -2.10. The molecule has 0 unspecified atom stereocenters. The molecule has 0 saturated carbocycles. The number of hydrogen-bond donors (Lipinski definition) is 1. The summed E-state index contributed by atoms with van der Waals surface area (Å²) in [5.41, 5.74) is 1.40.